The molecule has 2 amide bonds. The molecule has 120 valence electrons. The fraction of sp³-hybridized carbons (Fsp3) is 0.294. The lowest BCUT2D eigenvalue weighted by Gasteiger charge is -2.18. The van der Waals surface area contributed by atoms with E-state index in [0.29, 0.717) is 16.5 Å². The molecular formula is C17H17FN2O2S. The maximum atomic E-state index is 13.7. The van der Waals surface area contributed by atoms with E-state index in [1.807, 2.05) is 0 Å². The van der Waals surface area contributed by atoms with Crippen molar-refractivity contribution in [3.63, 3.8) is 0 Å². The van der Waals surface area contributed by atoms with Gasteiger partial charge in [-0.3, -0.25) is 9.59 Å². The fourth-order valence-electron chi connectivity index (χ4n) is 2.92. The van der Waals surface area contributed by atoms with Crippen molar-refractivity contribution in [3.05, 3.63) is 51.7 Å². The van der Waals surface area contributed by atoms with Gasteiger partial charge in [-0.15, -0.1) is 11.3 Å². The molecule has 0 fully saturated rings. The number of primary amides is 1. The number of hydrogen-bond acceptors (Lipinski definition) is 3. The van der Waals surface area contributed by atoms with E-state index in [4.69, 9.17) is 5.73 Å². The molecule has 6 heteroatoms. The van der Waals surface area contributed by atoms with Gasteiger partial charge in [0.05, 0.1) is 11.1 Å². The number of amides is 2. The normalized spacial score (nSPS) is 16.7. The number of halogens is 1. The number of nitrogens with one attached hydrogen (secondary N) is 1. The summed E-state index contributed by atoms with van der Waals surface area (Å²) in [5.74, 6) is -1.25. The van der Waals surface area contributed by atoms with Crippen molar-refractivity contribution in [3.8, 4) is 0 Å². The molecule has 3 N–H and O–H groups in total. The number of thiophene rings is 1. The Bertz CT molecular complexity index is 785. The molecule has 0 aliphatic heterocycles. The topological polar surface area (TPSA) is 72.2 Å². The van der Waals surface area contributed by atoms with Gasteiger partial charge >= 0.3 is 0 Å². The number of fused-ring (bicyclic) bond motifs is 1. The van der Waals surface area contributed by atoms with Gasteiger partial charge in [-0.25, -0.2) is 4.39 Å². The molecule has 1 aliphatic carbocycles. The second-order valence-electron chi connectivity index (χ2n) is 5.85. The Labute approximate surface area is 137 Å². The van der Waals surface area contributed by atoms with Crippen LogP contribution in [0.1, 0.15) is 44.5 Å². The SMILES string of the molecule is C[C@H]1CCc2sc(NC(=O)c3ccccc3F)c(C(N)=O)c2C1. The predicted octanol–water partition coefficient (Wildman–Crippen LogP) is 3.36. The second kappa shape index (κ2) is 6.12. The lowest BCUT2D eigenvalue weighted by atomic mass is 9.87. The highest BCUT2D eigenvalue weighted by molar-refractivity contribution is 7.17. The Hall–Kier alpha value is -2.21. The lowest BCUT2D eigenvalue weighted by molar-refractivity contribution is 0.1000. The Morgan fingerprint density at radius 3 is 2.78 bits per heavy atom. The summed E-state index contributed by atoms with van der Waals surface area (Å²) in [5.41, 5.74) is 6.77. The second-order valence-corrected chi connectivity index (χ2v) is 6.96. The Morgan fingerprint density at radius 2 is 2.09 bits per heavy atom. The molecule has 3 rings (SSSR count). The molecule has 1 atom stereocenters. The van der Waals surface area contributed by atoms with E-state index in [9.17, 15) is 14.0 Å². The zero-order chi connectivity index (χ0) is 16.6. The van der Waals surface area contributed by atoms with Gasteiger partial charge < -0.3 is 11.1 Å². The summed E-state index contributed by atoms with van der Waals surface area (Å²) < 4.78 is 13.7. The van der Waals surface area contributed by atoms with Crippen molar-refractivity contribution in [2.45, 2.75) is 26.2 Å². The van der Waals surface area contributed by atoms with Gasteiger partial charge in [0.25, 0.3) is 11.8 Å². The summed E-state index contributed by atoms with van der Waals surface area (Å²) in [5, 5.41) is 3.08. The van der Waals surface area contributed by atoms with Crippen LogP contribution >= 0.6 is 11.3 Å². The summed E-state index contributed by atoms with van der Waals surface area (Å²) in [7, 11) is 0. The van der Waals surface area contributed by atoms with Crippen molar-refractivity contribution in [1.29, 1.82) is 0 Å². The Morgan fingerprint density at radius 1 is 1.35 bits per heavy atom. The van der Waals surface area contributed by atoms with Crippen LogP contribution in [0.15, 0.2) is 24.3 Å². The number of nitrogens with two attached hydrogens (primary N) is 1. The molecule has 1 heterocycles. The number of anilines is 1. The Kier molecular flexibility index (Phi) is 4.17. The van der Waals surface area contributed by atoms with Gasteiger partial charge in [0.1, 0.15) is 10.8 Å². The zero-order valence-corrected chi connectivity index (χ0v) is 13.5. The minimum Gasteiger partial charge on any atom is -0.365 e. The molecule has 1 aliphatic rings. The van der Waals surface area contributed by atoms with Crippen molar-refractivity contribution in [2.75, 3.05) is 5.32 Å². The first-order valence-corrected chi connectivity index (χ1v) is 8.29. The largest absolute Gasteiger partial charge is 0.365 e. The number of carbonyl (C=O) groups is 2. The Balaban J connectivity index is 1.96. The monoisotopic (exact) mass is 332 g/mol. The van der Waals surface area contributed by atoms with E-state index in [1.165, 1.54) is 29.5 Å². The maximum absolute atomic E-state index is 13.7. The molecule has 0 saturated heterocycles. The lowest BCUT2D eigenvalue weighted by Crippen LogP contribution is -2.20. The van der Waals surface area contributed by atoms with Gasteiger partial charge in [-0.05, 0) is 42.9 Å². The molecule has 0 saturated carbocycles. The zero-order valence-electron chi connectivity index (χ0n) is 12.7. The van der Waals surface area contributed by atoms with Crippen molar-refractivity contribution in [2.24, 2.45) is 11.7 Å². The summed E-state index contributed by atoms with van der Waals surface area (Å²) in [4.78, 5) is 25.2. The summed E-state index contributed by atoms with van der Waals surface area (Å²) in [6.07, 6.45) is 2.70. The first-order chi connectivity index (χ1) is 11.0. The predicted molar refractivity (Wildman–Crippen MR) is 88.4 cm³/mol. The van der Waals surface area contributed by atoms with Crippen LogP contribution in [-0.4, -0.2) is 11.8 Å². The van der Waals surface area contributed by atoms with Crippen LogP contribution in [0.2, 0.25) is 0 Å². The third-order valence-corrected chi connectivity index (χ3v) is 5.31. The first-order valence-electron chi connectivity index (χ1n) is 7.47. The molecule has 0 bridgehead atoms. The van der Waals surface area contributed by atoms with Crippen LogP contribution in [0.4, 0.5) is 9.39 Å². The van der Waals surface area contributed by atoms with Crippen LogP contribution in [0, 0.1) is 11.7 Å². The van der Waals surface area contributed by atoms with Gasteiger partial charge in [-0.1, -0.05) is 19.1 Å². The minimum atomic E-state index is -0.597. The van der Waals surface area contributed by atoms with E-state index in [2.05, 4.69) is 12.2 Å². The van der Waals surface area contributed by atoms with Crippen molar-refractivity contribution in [1.82, 2.24) is 0 Å². The van der Waals surface area contributed by atoms with Gasteiger partial charge in [0.2, 0.25) is 0 Å². The number of hydrogen-bond donors (Lipinski definition) is 2. The van der Waals surface area contributed by atoms with Crippen LogP contribution in [0.3, 0.4) is 0 Å². The quantitative estimate of drug-likeness (QED) is 0.904. The third kappa shape index (κ3) is 2.99. The van der Waals surface area contributed by atoms with E-state index in [0.717, 1.165) is 29.7 Å². The maximum Gasteiger partial charge on any atom is 0.259 e. The smallest absolute Gasteiger partial charge is 0.259 e. The van der Waals surface area contributed by atoms with Crippen LogP contribution in [0.5, 0.6) is 0 Å². The standard InChI is InChI=1S/C17H17FN2O2S/c1-9-6-7-13-11(8-9)14(15(19)21)17(23-13)20-16(22)10-4-2-3-5-12(10)18/h2-5,9H,6-8H2,1H3,(H2,19,21)(H,20,22)/t9-/m0/s1. The third-order valence-electron chi connectivity index (χ3n) is 4.10. The molecule has 4 nitrogen and oxygen atoms in total. The molecule has 2 aromatic rings. The van der Waals surface area contributed by atoms with Crippen LogP contribution in [0.25, 0.3) is 0 Å². The van der Waals surface area contributed by atoms with Crippen LogP contribution in [-0.2, 0) is 12.8 Å². The van der Waals surface area contributed by atoms with Gasteiger partial charge in [0.15, 0.2) is 0 Å². The average Bonchev–Trinajstić information content (AvgIpc) is 2.84. The molecular weight excluding hydrogens is 315 g/mol. The van der Waals surface area contributed by atoms with Crippen molar-refractivity contribution < 1.29 is 14.0 Å². The van der Waals surface area contributed by atoms with E-state index in [1.54, 1.807) is 6.07 Å². The minimum absolute atomic E-state index is 0.0531. The highest BCUT2D eigenvalue weighted by Gasteiger charge is 2.27. The highest BCUT2D eigenvalue weighted by Crippen LogP contribution is 2.39. The molecule has 1 aromatic carbocycles. The molecule has 0 radical (unpaired) electrons. The molecule has 1 aromatic heterocycles. The van der Waals surface area contributed by atoms with Crippen LogP contribution < -0.4 is 11.1 Å². The number of carbonyl (C=O) groups excluding carboxylic acids is 2. The number of benzene rings is 1. The van der Waals surface area contributed by atoms with Crippen molar-refractivity contribution >= 4 is 28.2 Å². The molecule has 0 unspecified atom stereocenters. The number of aryl methyl sites for hydroxylation is 1. The highest BCUT2D eigenvalue weighted by atomic mass is 32.1. The van der Waals surface area contributed by atoms with Gasteiger partial charge in [-0.2, -0.15) is 0 Å². The average molecular weight is 332 g/mol. The summed E-state index contributed by atoms with van der Waals surface area (Å²) in [6.45, 7) is 2.13. The summed E-state index contributed by atoms with van der Waals surface area (Å²) in [6, 6.07) is 5.75. The van der Waals surface area contributed by atoms with Gasteiger partial charge in [0, 0.05) is 4.88 Å². The van der Waals surface area contributed by atoms with E-state index >= 15 is 0 Å². The van der Waals surface area contributed by atoms with E-state index in [-0.39, 0.29) is 5.56 Å². The fourth-order valence-corrected chi connectivity index (χ4v) is 4.17. The molecule has 0 spiro atoms. The first kappa shape index (κ1) is 15.7. The van der Waals surface area contributed by atoms with E-state index < -0.39 is 17.6 Å². The summed E-state index contributed by atoms with van der Waals surface area (Å²) >= 11 is 1.37. The number of rotatable bonds is 3. The molecule has 23 heavy (non-hydrogen) atoms.